The lowest BCUT2D eigenvalue weighted by molar-refractivity contribution is 0.0691. The normalized spacial score (nSPS) is 10.8. The van der Waals surface area contributed by atoms with Crippen LogP contribution in [0.5, 0.6) is 0 Å². The van der Waals surface area contributed by atoms with Gasteiger partial charge in [0.25, 0.3) is 5.89 Å². The number of nitrogens with one attached hydrogen (secondary N) is 1. The maximum atomic E-state index is 11.0. The summed E-state index contributed by atoms with van der Waals surface area (Å²) >= 11 is 3.44. The van der Waals surface area contributed by atoms with Gasteiger partial charge in [0.05, 0.1) is 6.33 Å². The Morgan fingerprint density at radius 3 is 2.95 bits per heavy atom. The Balaban J connectivity index is 2.01. The first-order valence-corrected chi connectivity index (χ1v) is 6.73. The summed E-state index contributed by atoms with van der Waals surface area (Å²) in [5.41, 5.74) is 1.88. The Hall–Kier alpha value is -2.48. The van der Waals surface area contributed by atoms with E-state index in [0.717, 1.165) is 15.6 Å². The van der Waals surface area contributed by atoms with Gasteiger partial charge in [-0.2, -0.15) is 4.98 Å². The van der Waals surface area contributed by atoms with Gasteiger partial charge < -0.3 is 14.6 Å². The molecule has 106 valence electrons. The quantitative estimate of drug-likeness (QED) is 0.753. The van der Waals surface area contributed by atoms with E-state index in [-0.39, 0.29) is 17.3 Å². The smallest absolute Gasteiger partial charge is 0.356 e. The number of halogens is 1. The molecule has 21 heavy (non-hydrogen) atoms. The topological polar surface area (TPSA) is 105 Å². The van der Waals surface area contributed by atoms with E-state index < -0.39 is 5.97 Å². The highest BCUT2D eigenvalue weighted by molar-refractivity contribution is 9.10. The summed E-state index contributed by atoms with van der Waals surface area (Å²) in [4.78, 5) is 21.6. The van der Waals surface area contributed by atoms with Crippen molar-refractivity contribution in [2.45, 2.75) is 6.92 Å². The molecule has 2 aromatic heterocycles. The first kappa shape index (κ1) is 13.5. The monoisotopic (exact) mass is 348 g/mol. The third-order valence-electron chi connectivity index (χ3n) is 2.91. The average Bonchev–Trinajstić information content (AvgIpc) is 3.09. The van der Waals surface area contributed by atoms with Gasteiger partial charge in [0, 0.05) is 10.0 Å². The van der Waals surface area contributed by atoms with E-state index in [1.165, 1.54) is 6.33 Å². The van der Waals surface area contributed by atoms with Crippen molar-refractivity contribution in [3.63, 3.8) is 0 Å². The zero-order valence-electron chi connectivity index (χ0n) is 10.8. The average molecular weight is 349 g/mol. The summed E-state index contributed by atoms with van der Waals surface area (Å²) in [5, 5.41) is 12.9. The zero-order chi connectivity index (χ0) is 15.0. The number of H-pyrrole nitrogens is 1. The standard InChI is InChI=1S/C13H9BrN4O3/c1-6-2-3-7(4-8(6)14)11-17-12(21-18-11)9-10(13(19)20)16-5-15-9/h2-5H,1H3,(H,15,16)(H,19,20). The molecule has 2 N–H and O–H groups in total. The number of aromatic amines is 1. The van der Waals surface area contributed by atoms with Gasteiger partial charge in [-0.05, 0) is 18.6 Å². The molecule has 3 rings (SSSR count). The molecule has 0 saturated heterocycles. The molecule has 0 fully saturated rings. The number of rotatable bonds is 3. The highest BCUT2D eigenvalue weighted by atomic mass is 79.9. The molecule has 0 saturated carbocycles. The summed E-state index contributed by atoms with van der Waals surface area (Å²) < 4.78 is 6.04. The molecule has 0 aliphatic carbocycles. The Kier molecular flexibility index (Phi) is 3.30. The van der Waals surface area contributed by atoms with Crippen LogP contribution >= 0.6 is 15.9 Å². The van der Waals surface area contributed by atoms with E-state index in [2.05, 4.69) is 36.0 Å². The molecular weight excluding hydrogens is 340 g/mol. The number of imidazole rings is 1. The lowest BCUT2D eigenvalue weighted by Crippen LogP contribution is -1.99. The molecule has 0 unspecified atom stereocenters. The Bertz CT molecular complexity index is 824. The van der Waals surface area contributed by atoms with Gasteiger partial charge >= 0.3 is 5.97 Å². The van der Waals surface area contributed by atoms with Crippen LogP contribution in [0.1, 0.15) is 16.1 Å². The highest BCUT2D eigenvalue weighted by Crippen LogP contribution is 2.26. The Morgan fingerprint density at radius 1 is 1.43 bits per heavy atom. The van der Waals surface area contributed by atoms with Crippen molar-refractivity contribution < 1.29 is 14.4 Å². The van der Waals surface area contributed by atoms with Crippen LogP contribution in [0, 0.1) is 6.92 Å². The van der Waals surface area contributed by atoms with Crippen LogP contribution in [0.25, 0.3) is 23.0 Å². The van der Waals surface area contributed by atoms with E-state index in [0.29, 0.717) is 5.82 Å². The maximum absolute atomic E-state index is 11.0. The predicted molar refractivity (Wildman–Crippen MR) is 76.7 cm³/mol. The van der Waals surface area contributed by atoms with Gasteiger partial charge in [0.2, 0.25) is 5.82 Å². The molecule has 0 radical (unpaired) electrons. The van der Waals surface area contributed by atoms with E-state index in [9.17, 15) is 4.79 Å². The Morgan fingerprint density at radius 2 is 2.24 bits per heavy atom. The number of hydrogen-bond acceptors (Lipinski definition) is 5. The summed E-state index contributed by atoms with van der Waals surface area (Å²) in [6.45, 7) is 1.97. The minimum absolute atomic E-state index is 0.0802. The van der Waals surface area contributed by atoms with Crippen molar-refractivity contribution >= 4 is 21.9 Å². The second kappa shape index (κ2) is 5.13. The number of aromatic carboxylic acids is 1. The minimum Gasteiger partial charge on any atom is -0.476 e. The number of aromatic nitrogens is 4. The van der Waals surface area contributed by atoms with Crippen molar-refractivity contribution in [2.24, 2.45) is 0 Å². The molecule has 2 heterocycles. The summed E-state index contributed by atoms with van der Waals surface area (Å²) in [7, 11) is 0. The molecule has 3 aromatic rings. The number of aryl methyl sites for hydroxylation is 1. The molecule has 7 nitrogen and oxygen atoms in total. The van der Waals surface area contributed by atoms with Crippen molar-refractivity contribution in [3.05, 3.63) is 40.3 Å². The second-order valence-corrected chi connectivity index (χ2v) is 5.17. The van der Waals surface area contributed by atoms with Crippen molar-refractivity contribution in [2.75, 3.05) is 0 Å². The van der Waals surface area contributed by atoms with Gasteiger partial charge in [-0.3, -0.25) is 0 Å². The van der Waals surface area contributed by atoms with Crippen LogP contribution in [0.3, 0.4) is 0 Å². The number of nitrogens with zero attached hydrogens (tertiary/aromatic N) is 3. The van der Waals surface area contributed by atoms with Crippen LogP contribution in [0.4, 0.5) is 0 Å². The van der Waals surface area contributed by atoms with E-state index in [1.54, 1.807) is 0 Å². The zero-order valence-corrected chi connectivity index (χ0v) is 12.4. The van der Waals surface area contributed by atoms with Crippen LogP contribution in [-0.4, -0.2) is 31.2 Å². The molecule has 0 aliphatic rings. The van der Waals surface area contributed by atoms with Gasteiger partial charge in [0.1, 0.15) is 5.69 Å². The molecule has 0 spiro atoms. The van der Waals surface area contributed by atoms with Gasteiger partial charge in [-0.25, -0.2) is 9.78 Å². The van der Waals surface area contributed by atoms with Crippen molar-refractivity contribution in [1.82, 2.24) is 20.1 Å². The van der Waals surface area contributed by atoms with Crippen LogP contribution in [0.15, 0.2) is 33.5 Å². The largest absolute Gasteiger partial charge is 0.476 e. The van der Waals surface area contributed by atoms with Crippen molar-refractivity contribution in [3.8, 4) is 23.0 Å². The first-order chi connectivity index (χ1) is 10.1. The summed E-state index contributed by atoms with van der Waals surface area (Å²) in [5.74, 6) is -0.711. The van der Waals surface area contributed by atoms with E-state index >= 15 is 0 Å². The van der Waals surface area contributed by atoms with Gasteiger partial charge in [0.15, 0.2) is 5.69 Å². The number of carbonyl (C=O) groups is 1. The van der Waals surface area contributed by atoms with Crippen LogP contribution in [0.2, 0.25) is 0 Å². The highest BCUT2D eigenvalue weighted by Gasteiger charge is 2.20. The van der Waals surface area contributed by atoms with Gasteiger partial charge in [-0.1, -0.05) is 33.2 Å². The number of carboxylic acids is 1. The van der Waals surface area contributed by atoms with Crippen molar-refractivity contribution in [1.29, 1.82) is 0 Å². The number of hydrogen-bond donors (Lipinski definition) is 2. The first-order valence-electron chi connectivity index (χ1n) is 5.93. The lowest BCUT2D eigenvalue weighted by atomic mass is 10.1. The second-order valence-electron chi connectivity index (χ2n) is 4.32. The molecule has 0 atom stereocenters. The predicted octanol–water partition coefficient (Wildman–Crippen LogP) is 2.90. The minimum atomic E-state index is -1.16. The van der Waals surface area contributed by atoms with E-state index in [1.807, 2.05) is 25.1 Å². The molecule has 1 aromatic carbocycles. The number of carboxylic acid groups (broad SMARTS) is 1. The summed E-state index contributed by atoms with van der Waals surface area (Å²) in [6, 6.07) is 5.66. The fourth-order valence-electron chi connectivity index (χ4n) is 1.79. The SMILES string of the molecule is Cc1ccc(-c2noc(-c3[nH]cnc3C(=O)O)n2)cc1Br. The molecular formula is C13H9BrN4O3. The van der Waals surface area contributed by atoms with Gasteiger partial charge in [-0.15, -0.1) is 0 Å². The van der Waals surface area contributed by atoms with Crippen LogP contribution < -0.4 is 0 Å². The maximum Gasteiger partial charge on any atom is 0.356 e. The molecule has 0 amide bonds. The number of benzene rings is 1. The third-order valence-corrected chi connectivity index (χ3v) is 3.77. The fourth-order valence-corrected chi connectivity index (χ4v) is 2.17. The molecule has 0 aliphatic heterocycles. The lowest BCUT2D eigenvalue weighted by Gasteiger charge is -1.99. The fraction of sp³-hybridized carbons (Fsp3) is 0.0769. The Labute approximate surface area is 127 Å². The molecule has 0 bridgehead atoms. The summed E-state index contributed by atoms with van der Waals surface area (Å²) in [6.07, 6.45) is 1.27. The molecule has 8 heteroatoms. The van der Waals surface area contributed by atoms with E-state index in [4.69, 9.17) is 9.63 Å². The van der Waals surface area contributed by atoms with Crippen LogP contribution in [-0.2, 0) is 0 Å². The third kappa shape index (κ3) is 2.45.